The third kappa shape index (κ3) is 4.19. The lowest BCUT2D eigenvalue weighted by atomic mass is 10.1. The lowest BCUT2D eigenvalue weighted by Gasteiger charge is -2.11. The number of amides is 3. The number of carbonyl (C=O) groups excluding carboxylic acids is 3. The van der Waals surface area contributed by atoms with Crippen LogP contribution < -0.4 is 16.4 Å². The summed E-state index contributed by atoms with van der Waals surface area (Å²) in [5.41, 5.74) is 8.22. The molecule has 0 aliphatic heterocycles. The maximum absolute atomic E-state index is 12.3. The molecule has 2 aromatic rings. The van der Waals surface area contributed by atoms with Gasteiger partial charge in [0.15, 0.2) is 0 Å². The van der Waals surface area contributed by atoms with Gasteiger partial charge in [-0.25, -0.2) is 0 Å². The fourth-order valence-corrected chi connectivity index (χ4v) is 2.23. The Hall–Kier alpha value is -3.15. The Balaban J connectivity index is 2.11. The van der Waals surface area contributed by atoms with E-state index in [1.807, 2.05) is 0 Å². The molecule has 0 atom stereocenters. The van der Waals surface area contributed by atoms with Crippen molar-refractivity contribution in [2.24, 2.45) is 5.73 Å². The van der Waals surface area contributed by atoms with Crippen LogP contribution >= 0.6 is 0 Å². The molecule has 0 unspecified atom stereocenters. The van der Waals surface area contributed by atoms with E-state index in [4.69, 9.17) is 5.73 Å². The lowest BCUT2D eigenvalue weighted by Crippen LogP contribution is -2.19. The molecule has 0 heterocycles. The van der Waals surface area contributed by atoms with Crippen molar-refractivity contribution >= 4 is 23.4 Å². The largest absolute Gasteiger partial charge is 0.366 e. The topological polar surface area (TPSA) is 101 Å². The summed E-state index contributed by atoms with van der Waals surface area (Å²) in [7, 11) is 0. The van der Waals surface area contributed by atoms with E-state index in [0.29, 0.717) is 28.9 Å². The zero-order valence-corrected chi connectivity index (χ0v) is 13.6. The number of hydrogen-bond acceptors (Lipinski definition) is 3. The van der Waals surface area contributed by atoms with Crippen molar-refractivity contribution in [2.75, 3.05) is 5.32 Å². The van der Waals surface area contributed by atoms with Gasteiger partial charge >= 0.3 is 0 Å². The number of rotatable bonds is 5. The second kappa shape index (κ2) is 7.41. The number of nitrogens with one attached hydrogen (secondary N) is 2. The van der Waals surface area contributed by atoms with Crippen LogP contribution in [0.2, 0.25) is 0 Å². The Bertz CT molecular complexity index is 783. The highest BCUT2D eigenvalue weighted by Gasteiger charge is 2.12. The van der Waals surface area contributed by atoms with Crippen LogP contribution in [-0.4, -0.2) is 17.7 Å². The van der Waals surface area contributed by atoms with Crippen LogP contribution in [0.4, 0.5) is 5.69 Å². The molecule has 6 nitrogen and oxygen atoms in total. The van der Waals surface area contributed by atoms with Crippen LogP contribution in [-0.2, 0) is 11.3 Å². The van der Waals surface area contributed by atoms with Gasteiger partial charge in [0.2, 0.25) is 11.8 Å². The normalized spacial score (nSPS) is 10.1. The fraction of sp³-hybridized carbons (Fsp3) is 0.167. The van der Waals surface area contributed by atoms with E-state index >= 15 is 0 Å². The van der Waals surface area contributed by atoms with Crippen molar-refractivity contribution in [3.05, 3.63) is 64.7 Å². The standard InChI is InChI=1S/C18H19N3O3/c1-11-15(17(19)23)4-3-5-16(11)21-18(24)14-8-6-13(7-9-14)10-20-12(2)22/h3-9H,10H2,1-2H3,(H2,19,23)(H,20,22)(H,21,24). The van der Waals surface area contributed by atoms with Gasteiger partial charge in [-0.3, -0.25) is 14.4 Å². The summed E-state index contributed by atoms with van der Waals surface area (Å²) < 4.78 is 0. The van der Waals surface area contributed by atoms with Gasteiger partial charge < -0.3 is 16.4 Å². The number of carbonyl (C=O) groups is 3. The van der Waals surface area contributed by atoms with Crippen LogP contribution in [0.25, 0.3) is 0 Å². The molecular weight excluding hydrogens is 306 g/mol. The zero-order valence-electron chi connectivity index (χ0n) is 13.6. The molecule has 124 valence electrons. The second-order valence-electron chi connectivity index (χ2n) is 5.40. The van der Waals surface area contributed by atoms with Crippen LogP contribution in [0.15, 0.2) is 42.5 Å². The number of hydrogen-bond donors (Lipinski definition) is 3. The van der Waals surface area contributed by atoms with Gasteiger partial charge in [0.25, 0.3) is 5.91 Å². The highest BCUT2D eigenvalue weighted by atomic mass is 16.2. The predicted molar refractivity (Wildman–Crippen MR) is 91.6 cm³/mol. The van der Waals surface area contributed by atoms with E-state index in [1.165, 1.54) is 6.92 Å². The quantitative estimate of drug-likeness (QED) is 0.783. The van der Waals surface area contributed by atoms with Crippen molar-refractivity contribution < 1.29 is 14.4 Å². The first-order valence-electron chi connectivity index (χ1n) is 7.42. The third-order valence-electron chi connectivity index (χ3n) is 3.61. The van der Waals surface area contributed by atoms with Gasteiger partial charge in [-0.1, -0.05) is 18.2 Å². The van der Waals surface area contributed by atoms with Crippen LogP contribution in [0, 0.1) is 6.92 Å². The summed E-state index contributed by atoms with van der Waals surface area (Å²) in [4.78, 5) is 34.6. The molecule has 0 saturated carbocycles. The van der Waals surface area contributed by atoms with E-state index in [0.717, 1.165) is 5.56 Å². The second-order valence-corrected chi connectivity index (χ2v) is 5.40. The van der Waals surface area contributed by atoms with Crippen molar-refractivity contribution in [1.29, 1.82) is 0 Å². The molecule has 2 rings (SSSR count). The average Bonchev–Trinajstić information content (AvgIpc) is 2.55. The Kier molecular flexibility index (Phi) is 5.31. The Labute approximate surface area is 140 Å². The SMILES string of the molecule is CC(=O)NCc1ccc(C(=O)Nc2cccc(C(N)=O)c2C)cc1. The number of benzene rings is 2. The molecule has 2 aromatic carbocycles. The molecular formula is C18H19N3O3. The molecule has 0 spiro atoms. The molecule has 0 saturated heterocycles. The maximum atomic E-state index is 12.3. The molecule has 0 radical (unpaired) electrons. The zero-order chi connectivity index (χ0) is 17.7. The molecule has 0 aliphatic rings. The van der Waals surface area contributed by atoms with E-state index in [9.17, 15) is 14.4 Å². The summed E-state index contributed by atoms with van der Waals surface area (Å²) in [5, 5.41) is 5.47. The van der Waals surface area contributed by atoms with E-state index in [1.54, 1.807) is 49.4 Å². The smallest absolute Gasteiger partial charge is 0.255 e. The summed E-state index contributed by atoms with van der Waals surface area (Å²) in [5.74, 6) is -0.932. The third-order valence-corrected chi connectivity index (χ3v) is 3.61. The van der Waals surface area contributed by atoms with Gasteiger partial charge in [-0.2, -0.15) is 0 Å². The molecule has 0 aliphatic carbocycles. The molecule has 3 amide bonds. The summed E-state index contributed by atoms with van der Waals surface area (Å²) >= 11 is 0. The molecule has 4 N–H and O–H groups in total. The van der Waals surface area contributed by atoms with Crippen LogP contribution in [0.3, 0.4) is 0 Å². The average molecular weight is 325 g/mol. The summed E-state index contributed by atoms with van der Waals surface area (Å²) in [6.45, 7) is 3.59. The van der Waals surface area contributed by atoms with E-state index in [2.05, 4.69) is 10.6 Å². The highest BCUT2D eigenvalue weighted by Crippen LogP contribution is 2.19. The molecule has 24 heavy (non-hydrogen) atoms. The van der Waals surface area contributed by atoms with E-state index in [-0.39, 0.29) is 11.8 Å². The molecule has 6 heteroatoms. The van der Waals surface area contributed by atoms with Crippen molar-refractivity contribution in [3.8, 4) is 0 Å². The minimum Gasteiger partial charge on any atom is -0.366 e. The lowest BCUT2D eigenvalue weighted by molar-refractivity contribution is -0.119. The minimum atomic E-state index is -0.536. The van der Waals surface area contributed by atoms with Crippen LogP contribution in [0.5, 0.6) is 0 Å². The maximum Gasteiger partial charge on any atom is 0.255 e. The first-order chi connectivity index (χ1) is 11.4. The monoisotopic (exact) mass is 325 g/mol. The van der Waals surface area contributed by atoms with Gasteiger partial charge in [-0.05, 0) is 42.3 Å². The van der Waals surface area contributed by atoms with Crippen molar-refractivity contribution in [1.82, 2.24) is 5.32 Å². The van der Waals surface area contributed by atoms with Gasteiger partial charge in [0.05, 0.1) is 0 Å². The van der Waals surface area contributed by atoms with Crippen molar-refractivity contribution in [2.45, 2.75) is 20.4 Å². The highest BCUT2D eigenvalue weighted by molar-refractivity contribution is 6.05. The Morgan fingerprint density at radius 2 is 1.71 bits per heavy atom. The first kappa shape index (κ1) is 17.2. The summed E-state index contributed by atoms with van der Waals surface area (Å²) in [6.07, 6.45) is 0. The Morgan fingerprint density at radius 3 is 2.29 bits per heavy atom. The molecule has 0 aromatic heterocycles. The van der Waals surface area contributed by atoms with E-state index < -0.39 is 5.91 Å². The number of primary amides is 1. The Morgan fingerprint density at radius 1 is 1.04 bits per heavy atom. The predicted octanol–water partition coefficient (Wildman–Crippen LogP) is 1.98. The van der Waals surface area contributed by atoms with Gasteiger partial charge in [0.1, 0.15) is 0 Å². The van der Waals surface area contributed by atoms with Gasteiger partial charge in [-0.15, -0.1) is 0 Å². The van der Waals surface area contributed by atoms with Crippen LogP contribution in [0.1, 0.15) is 38.8 Å². The molecule has 0 fully saturated rings. The van der Waals surface area contributed by atoms with Crippen molar-refractivity contribution in [3.63, 3.8) is 0 Å². The first-order valence-corrected chi connectivity index (χ1v) is 7.42. The molecule has 0 bridgehead atoms. The summed E-state index contributed by atoms with van der Waals surface area (Å²) in [6, 6.07) is 11.9. The van der Waals surface area contributed by atoms with Gasteiger partial charge in [0, 0.05) is 30.3 Å². The fourth-order valence-electron chi connectivity index (χ4n) is 2.23. The minimum absolute atomic E-state index is 0.110. The number of nitrogens with two attached hydrogens (primary N) is 1. The number of anilines is 1.